The van der Waals surface area contributed by atoms with E-state index in [1.54, 1.807) is 6.07 Å². The van der Waals surface area contributed by atoms with E-state index in [4.69, 9.17) is 4.74 Å². The monoisotopic (exact) mass is 336 g/mol. The van der Waals surface area contributed by atoms with Crippen molar-refractivity contribution >= 4 is 26.8 Å². The smallest absolute Gasteiger partial charge is 0.230 e. The second-order valence-electron chi connectivity index (χ2n) is 4.02. The molecular formula is C14H7BrF2N2O. The zero-order valence-corrected chi connectivity index (χ0v) is 11.6. The summed E-state index contributed by atoms with van der Waals surface area (Å²) in [5, 5.41) is 0.452. The van der Waals surface area contributed by atoms with Crippen LogP contribution in [0.15, 0.2) is 47.2 Å². The summed E-state index contributed by atoms with van der Waals surface area (Å²) in [4.78, 5) is 8.02. The highest BCUT2D eigenvalue weighted by atomic mass is 79.9. The number of ether oxygens (including phenoxy) is 1. The molecule has 0 unspecified atom stereocenters. The molecule has 6 heteroatoms. The first-order valence-corrected chi connectivity index (χ1v) is 6.46. The molecular weight excluding hydrogens is 330 g/mol. The quantitative estimate of drug-likeness (QED) is 0.692. The zero-order valence-electron chi connectivity index (χ0n) is 9.98. The van der Waals surface area contributed by atoms with Crippen LogP contribution in [0.4, 0.5) is 8.78 Å². The second-order valence-corrected chi connectivity index (χ2v) is 4.87. The standard InChI is InChI=1S/C14H7BrF2N2O/c15-11-6-9(2-3-12(11)17)20-14-10-5-8(16)1-4-13(10)18-7-19-14/h1-7H. The number of aromatic nitrogens is 2. The zero-order chi connectivity index (χ0) is 14.1. The van der Waals surface area contributed by atoms with E-state index in [1.165, 1.54) is 36.7 Å². The van der Waals surface area contributed by atoms with E-state index in [-0.39, 0.29) is 10.4 Å². The third kappa shape index (κ3) is 2.46. The number of halogens is 3. The van der Waals surface area contributed by atoms with Gasteiger partial charge in [-0.15, -0.1) is 0 Å². The van der Waals surface area contributed by atoms with Crippen LogP contribution in [-0.2, 0) is 0 Å². The molecule has 2 aromatic carbocycles. The first-order valence-electron chi connectivity index (χ1n) is 5.66. The summed E-state index contributed by atoms with van der Waals surface area (Å²) >= 11 is 3.07. The number of fused-ring (bicyclic) bond motifs is 1. The summed E-state index contributed by atoms with van der Waals surface area (Å²) in [5.74, 6) is -0.191. The van der Waals surface area contributed by atoms with E-state index < -0.39 is 11.6 Å². The van der Waals surface area contributed by atoms with Gasteiger partial charge in [-0.05, 0) is 52.3 Å². The van der Waals surface area contributed by atoms with E-state index in [0.29, 0.717) is 16.7 Å². The maximum atomic E-state index is 13.3. The Hall–Kier alpha value is -2.08. The molecule has 0 atom stereocenters. The Morgan fingerprint density at radius 1 is 1.00 bits per heavy atom. The molecule has 0 bridgehead atoms. The Morgan fingerprint density at radius 3 is 2.65 bits per heavy atom. The maximum Gasteiger partial charge on any atom is 0.230 e. The summed E-state index contributed by atoms with van der Waals surface area (Å²) in [7, 11) is 0. The third-order valence-corrected chi connectivity index (χ3v) is 3.27. The van der Waals surface area contributed by atoms with Crippen molar-refractivity contribution in [2.45, 2.75) is 0 Å². The average molecular weight is 337 g/mol. The lowest BCUT2D eigenvalue weighted by Crippen LogP contribution is -1.92. The van der Waals surface area contributed by atoms with Crippen molar-refractivity contribution in [3.05, 3.63) is 58.8 Å². The summed E-state index contributed by atoms with van der Waals surface area (Å²) in [5.41, 5.74) is 0.567. The van der Waals surface area contributed by atoms with Crippen molar-refractivity contribution in [3.63, 3.8) is 0 Å². The molecule has 0 N–H and O–H groups in total. The van der Waals surface area contributed by atoms with E-state index in [0.717, 1.165) is 0 Å². The van der Waals surface area contributed by atoms with Crippen molar-refractivity contribution in [1.29, 1.82) is 0 Å². The fraction of sp³-hybridized carbons (Fsp3) is 0. The Balaban J connectivity index is 2.05. The Bertz CT molecular complexity index is 795. The van der Waals surface area contributed by atoms with Crippen LogP contribution in [0.5, 0.6) is 11.6 Å². The molecule has 20 heavy (non-hydrogen) atoms. The summed E-state index contributed by atoms with van der Waals surface area (Å²) in [6.45, 7) is 0. The van der Waals surface area contributed by atoms with Crippen LogP contribution in [0.2, 0.25) is 0 Å². The van der Waals surface area contributed by atoms with Gasteiger partial charge in [-0.25, -0.2) is 18.7 Å². The summed E-state index contributed by atoms with van der Waals surface area (Å²) in [6.07, 6.45) is 1.33. The van der Waals surface area contributed by atoms with E-state index in [1.807, 2.05) is 0 Å². The summed E-state index contributed by atoms with van der Waals surface area (Å²) in [6, 6.07) is 8.36. The molecule has 1 heterocycles. The predicted molar refractivity (Wildman–Crippen MR) is 73.7 cm³/mol. The minimum atomic E-state index is -0.405. The molecule has 0 saturated heterocycles. The molecule has 1 aromatic heterocycles. The van der Waals surface area contributed by atoms with Crippen LogP contribution >= 0.6 is 15.9 Å². The van der Waals surface area contributed by atoms with Crippen molar-refractivity contribution < 1.29 is 13.5 Å². The van der Waals surface area contributed by atoms with Gasteiger partial charge in [-0.1, -0.05) is 0 Å². The van der Waals surface area contributed by atoms with Gasteiger partial charge in [0.2, 0.25) is 5.88 Å². The van der Waals surface area contributed by atoms with E-state index >= 15 is 0 Å². The first kappa shape index (κ1) is 12.9. The Labute approximate surface area is 121 Å². The van der Waals surface area contributed by atoms with Gasteiger partial charge in [-0.3, -0.25) is 0 Å². The van der Waals surface area contributed by atoms with Crippen molar-refractivity contribution in [3.8, 4) is 11.6 Å². The lowest BCUT2D eigenvalue weighted by Gasteiger charge is -2.07. The minimum absolute atomic E-state index is 0.216. The number of nitrogens with zero attached hydrogens (tertiary/aromatic N) is 2. The largest absolute Gasteiger partial charge is 0.438 e. The number of hydrogen-bond donors (Lipinski definition) is 0. The molecule has 0 spiro atoms. The number of rotatable bonds is 2. The van der Waals surface area contributed by atoms with Gasteiger partial charge in [0.25, 0.3) is 0 Å². The molecule has 100 valence electrons. The molecule has 3 aromatic rings. The van der Waals surface area contributed by atoms with Gasteiger partial charge in [0.05, 0.1) is 15.4 Å². The van der Waals surface area contributed by atoms with Crippen molar-refractivity contribution in [2.24, 2.45) is 0 Å². The molecule has 0 saturated carbocycles. The van der Waals surface area contributed by atoms with Gasteiger partial charge < -0.3 is 4.74 Å². The van der Waals surface area contributed by atoms with Gasteiger partial charge in [0.1, 0.15) is 23.7 Å². The van der Waals surface area contributed by atoms with Crippen molar-refractivity contribution in [2.75, 3.05) is 0 Å². The van der Waals surface area contributed by atoms with E-state index in [2.05, 4.69) is 25.9 Å². The molecule has 3 nitrogen and oxygen atoms in total. The fourth-order valence-corrected chi connectivity index (χ4v) is 2.10. The van der Waals surface area contributed by atoms with Crippen LogP contribution in [0, 0.1) is 11.6 Å². The average Bonchev–Trinajstić information content (AvgIpc) is 2.44. The van der Waals surface area contributed by atoms with E-state index in [9.17, 15) is 8.78 Å². The van der Waals surface area contributed by atoms with Crippen LogP contribution in [0.3, 0.4) is 0 Å². The highest BCUT2D eigenvalue weighted by molar-refractivity contribution is 9.10. The normalized spacial score (nSPS) is 10.8. The minimum Gasteiger partial charge on any atom is -0.438 e. The Morgan fingerprint density at radius 2 is 1.85 bits per heavy atom. The van der Waals surface area contributed by atoms with Crippen LogP contribution in [-0.4, -0.2) is 9.97 Å². The molecule has 0 aliphatic carbocycles. The third-order valence-electron chi connectivity index (χ3n) is 2.67. The molecule has 0 amide bonds. The first-order chi connectivity index (χ1) is 9.63. The second kappa shape index (κ2) is 5.13. The van der Waals surface area contributed by atoms with Gasteiger partial charge in [0, 0.05) is 0 Å². The SMILES string of the molecule is Fc1ccc2ncnc(Oc3ccc(F)c(Br)c3)c2c1. The van der Waals surface area contributed by atoms with Gasteiger partial charge in [-0.2, -0.15) is 0 Å². The summed E-state index contributed by atoms with van der Waals surface area (Å²) < 4.78 is 32.3. The number of hydrogen-bond acceptors (Lipinski definition) is 3. The van der Waals surface area contributed by atoms with Crippen LogP contribution in [0.25, 0.3) is 10.9 Å². The maximum absolute atomic E-state index is 13.3. The number of benzene rings is 2. The fourth-order valence-electron chi connectivity index (χ4n) is 1.74. The van der Waals surface area contributed by atoms with Gasteiger partial charge >= 0.3 is 0 Å². The topological polar surface area (TPSA) is 35.0 Å². The molecule has 0 aliphatic heterocycles. The highest BCUT2D eigenvalue weighted by Gasteiger charge is 2.08. The Kier molecular flexibility index (Phi) is 3.31. The highest BCUT2D eigenvalue weighted by Crippen LogP contribution is 2.29. The van der Waals surface area contributed by atoms with Crippen LogP contribution < -0.4 is 4.74 Å². The molecule has 0 fully saturated rings. The molecule has 3 rings (SSSR count). The van der Waals surface area contributed by atoms with Gasteiger partial charge in [0.15, 0.2) is 0 Å². The predicted octanol–water partition coefficient (Wildman–Crippen LogP) is 4.46. The molecule has 0 radical (unpaired) electrons. The van der Waals surface area contributed by atoms with Crippen molar-refractivity contribution in [1.82, 2.24) is 9.97 Å². The van der Waals surface area contributed by atoms with Crippen LogP contribution in [0.1, 0.15) is 0 Å². The lowest BCUT2D eigenvalue weighted by molar-refractivity contribution is 0.465. The molecule has 0 aliphatic rings. The lowest BCUT2D eigenvalue weighted by atomic mass is 10.2.